The zero-order chi connectivity index (χ0) is 22.9. The minimum atomic E-state index is 0.186. The van der Waals surface area contributed by atoms with Crippen molar-refractivity contribution in [1.29, 1.82) is 0 Å². The van der Waals surface area contributed by atoms with Gasteiger partial charge < -0.3 is 9.64 Å². The van der Waals surface area contributed by atoms with E-state index in [9.17, 15) is 0 Å². The van der Waals surface area contributed by atoms with Crippen molar-refractivity contribution in [2.75, 3.05) is 11.4 Å². The van der Waals surface area contributed by atoms with Crippen molar-refractivity contribution in [2.45, 2.75) is 59.4 Å². The van der Waals surface area contributed by atoms with Crippen molar-refractivity contribution in [1.82, 2.24) is 0 Å². The van der Waals surface area contributed by atoms with Crippen LogP contribution in [0.1, 0.15) is 62.3 Å². The smallest absolute Gasteiger partial charge is 0.127 e. The van der Waals surface area contributed by atoms with Gasteiger partial charge in [-0.05, 0) is 112 Å². The number of hydrogen-bond acceptors (Lipinski definition) is 3. The molecule has 0 N–H and O–H groups in total. The van der Waals surface area contributed by atoms with Crippen molar-refractivity contribution in [3.05, 3.63) is 82.9 Å². The highest BCUT2D eigenvalue weighted by atomic mass is 16.5. The van der Waals surface area contributed by atoms with Gasteiger partial charge in [0.05, 0.1) is 5.69 Å². The van der Waals surface area contributed by atoms with Gasteiger partial charge in [-0.15, -0.1) is 0 Å². The Morgan fingerprint density at radius 1 is 1.00 bits per heavy atom. The lowest BCUT2D eigenvalue weighted by Crippen LogP contribution is -2.48. The summed E-state index contributed by atoms with van der Waals surface area (Å²) in [6.07, 6.45) is 3.16. The summed E-state index contributed by atoms with van der Waals surface area (Å²) in [6.45, 7) is 14.6. The summed E-state index contributed by atoms with van der Waals surface area (Å²) in [6, 6.07) is 20.7. The maximum absolute atomic E-state index is 5.93. The summed E-state index contributed by atoms with van der Waals surface area (Å²) in [5.74, 6) is 2.19. The van der Waals surface area contributed by atoms with Gasteiger partial charge in [-0.2, -0.15) is 0 Å². The van der Waals surface area contributed by atoms with Crippen LogP contribution in [-0.2, 0) is 0 Å². The third kappa shape index (κ3) is 4.57. The molecule has 0 unspecified atom stereocenters. The Labute approximate surface area is 192 Å². The van der Waals surface area contributed by atoms with E-state index in [0.29, 0.717) is 5.92 Å². The SMILES string of the molecule is CCN1c2cc(C)c(C=Nc3ccc(Oc4ccc(C)cc4)cc3)cc2[C@@H](C)CC1(C)C. The summed E-state index contributed by atoms with van der Waals surface area (Å²) in [5, 5.41) is 0. The van der Waals surface area contributed by atoms with E-state index in [1.54, 1.807) is 0 Å². The van der Waals surface area contributed by atoms with Crippen LogP contribution >= 0.6 is 0 Å². The topological polar surface area (TPSA) is 24.8 Å². The van der Waals surface area contributed by atoms with Gasteiger partial charge in [-0.3, -0.25) is 4.99 Å². The summed E-state index contributed by atoms with van der Waals surface area (Å²) in [5.41, 5.74) is 7.58. The number of rotatable bonds is 5. The van der Waals surface area contributed by atoms with Crippen molar-refractivity contribution in [2.24, 2.45) is 4.99 Å². The molecule has 1 aliphatic rings. The van der Waals surface area contributed by atoms with Crippen LogP contribution in [0.2, 0.25) is 0 Å². The van der Waals surface area contributed by atoms with Crippen LogP contribution in [-0.4, -0.2) is 18.3 Å². The van der Waals surface area contributed by atoms with Crippen LogP contribution in [0.5, 0.6) is 11.5 Å². The van der Waals surface area contributed by atoms with Crippen LogP contribution in [0.15, 0.2) is 65.7 Å². The molecule has 32 heavy (non-hydrogen) atoms. The maximum atomic E-state index is 5.93. The van der Waals surface area contributed by atoms with Gasteiger partial charge in [0.2, 0.25) is 0 Å². The molecule has 0 saturated carbocycles. The van der Waals surface area contributed by atoms with E-state index >= 15 is 0 Å². The number of aliphatic imine (C=N–C) groups is 1. The normalized spacial score (nSPS) is 17.4. The molecule has 3 aromatic carbocycles. The zero-order valence-corrected chi connectivity index (χ0v) is 20.1. The molecule has 0 aromatic heterocycles. The lowest BCUT2D eigenvalue weighted by molar-refractivity contribution is 0.381. The molecule has 0 saturated heterocycles. The molecule has 0 aliphatic carbocycles. The van der Waals surface area contributed by atoms with Crippen molar-refractivity contribution < 1.29 is 4.74 Å². The molecule has 1 aliphatic heterocycles. The van der Waals surface area contributed by atoms with E-state index in [4.69, 9.17) is 9.73 Å². The Morgan fingerprint density at radius 3 is 2.25 bits per heavy atom. The van der Waals surface area contributed by atoms with Crippen molar-refractivity contribution >= 4 is 17.6 Å². The number of fused-ring (bicyclic) bond motifs is 1. The average molecular weight is 427 g/mol. The number of aryl methyl sites for hydroxylation is 2. The van der Waals surface area contributed by atoms with Crippen molar-refractivity contribution in [3.63, 3.8) is 0 Å². The van der Waals surface area contributed by atoms with Crippen LogP contribution in [0, 0.1) is 13.8 Å². The Morgan fingerprint density at radius 2 is 1.62 bits per heavy atom. The predicted molar refractivity (Wildman–Crippen MR) is 136 cm³/mol. The van der Waals surface area contributed by atoms with Crippen LogP contribution in [0.25, 0.3) is 0 Å². The third-order valence-electron chi connectivity index (χ3n) is 6.54. The van der Waals surface area contributed by atoms with Gasteiger partial charge in [0.1, 0.15) is 11.5 Å². The van der Waals surface area contributed by atoms with Crippen LogP contribution in [0.4, 0.5) is 11.4 Å². The zero-order valence-electron chi connectivity index (χ0n) is 20.1. The van der Waals surface area contributed by atoms with Crippen LogP contribution in [0.3, 0.4) is 0 Å². The number of ether oxygens (including phenoxy) is 1. The lowest BCUT2D eigenvalue weighted by Gasteiger charge is -2.47. The highest BCUT2D eigenvalue weighted by Crippen LogP contribution is 2.44. The van der Waals surface area contributed by atoms with Crippen molar-refractivity contribution in [3.8, 4) is 11.5 Å². The van der Waals surface area contributed by atoms with E-state index < -0.39 is 0 Å². The molecule has 166 valence electrons. The first-order valence-corrected chi connectivity index (χ1v) is 11.6. The lowest BCUT2D eigenvalue weighted by atomic mass is 9.79. The largest absolute Gasteiger partial charge is 0.457 e. The molecule has 0 amide bonds. The fourth-order valence-electron chi connectivity index (χ4n) is 4.88. The Hall–Kier alpha value is -3.07. The first-order chi connectivity index (χ1) is 15.3. The number of benzene rings is 3. The molecule has 3 aromatic rings. The van der Waals surface area contributed by atoms with Gasteiger partial charge in [-0.1, -0.05) is 24.6 Å². The van der Waals surface area contributed by atoms with Gasteiger partial charge in [0, 0.05) is 24.0 Å². The maximum Gasteiger partial charge on any atom is 0.127 e. The fourth-order valence-corrected chi connectivity index (χ4v) is 4.88. The van der Waals surface area contributed by atoms with Gasteiger partial charge >= 0.3 is 0 Å². The summed E-state index contributed by atoms with van der Waals surface area (Å²) >= 11 is 0. The second kappa shape index (κ2) is 8.82. The Balaban J connectivity index is 1.53. The minimum absolute atomic E-state index is 0.186. The average Bonchev–Trinajstić information content (AvgIpc) is 2.75. The molecule has 0 spiro atoms. The highest BCUT2D eigenvalue weighted by Gasteiger charge is 2.35. The molecule has 0 radical (unpaired) electrons. The predicted octanol–water partition coefficient (Wildman–Crippen LogP) is 7.96. The molecular formula is C29H34N2O. The summed E-state index contributed by atoms with van der Waals surface area (Å²) in [4.78, 5) is 7.29. The molecule has 0 bridgehead atoms. The molecule has 3 nitrogen and oxygen atoms in total. The fraction of sp³-hybridized carbons (Fsp3) is 0.345. The molecule has 3 heteroatoms. The molecular weight excluding hydrogens is 392 g/mol. The number of hydrogen-bond donors (Lipinski definition) is 0. The number of nitrogens with zero attached hydrogens (tertiary/aromatic N) is 2. The first kappa shape index (κ1) is 22.1. The molecule has 0 fully saturated rings. The summed E-state index contributed by atoms with van der Waals surface area (Å²) in [7, 11) is 0. The van der Waals surface area contributed by atoms with E-state index in [1.165, 1.54) is 27.9 Å². The quantitative estimate of drug-likeness (QED) is 0.387. The second-order valence-corrected chi connectivity index (χ2v) is 9.60. The van der Waals surface area contributed by atoms with E-state index in [1.807, 2.05) is 42.6 Å². The highest BCUT2D eigenvalue weighted by molar-refractivity contribution is 5.86. The molecule has 1 atom stereocenters. The first-order valence-electron chi connectivity index (χ1n) is 11.6. The van der Waals surface area contributed by atoms with Gasteiger partial charge in [-0.25, -0.2) is 0 Å². The second-order valence-electron chi connectivity index (χ2n) is 9.60. The Bertz CT molecular complexity index is 1110. The standard InChI is InChI=1S/C29H34N2O/c1-7-31-28-16-21(3)23(17-27(28)22(4)18-29(31,5)6)19-30-24-10-14-26(15-11-24)32-25-12-8-20(2)9-13-25/h8-17,19,22H,7,18H2,1-6H3/t22-/m0/s1. The number of anilines is 1. The minimum Gasteiger partial charge on any atom is -0.457 e. The third-order valence-corrected chi connectivity index (χ3v) is 6.54. The van der Waals surface area contributed by atoms with Gasteiger partial charge in [0.25, 0.3) is 0 Å². The monoisotopic (exact) mass is 426 g/mol. The van der Waals surface area contributed by atoms with E-state index in [-0.39, 0.29) is 5.54 Å². The Kier molecular flexibility index (Phi) is 6.10. The van der Waals surface area contributed by atoms with E-state index in [0.717, 1.165) is 30.2 Å². The molecule has 1 heterocycles. The van der Waals surface area contributed by atoms with Crippen LogP contribution < -0.4 is 9.64 Å². The summed E-state index contributed by atoms with van der Waals surface area (Å²) < 4.78 is 5.93. The van der Waals surface area contributed by atoms with Gasteiger partial charge in [0.15, 0.2) is 0 Å². The van der Waals surface area contributed by atoms with E-state index in [2.05, 4.69) is 70.7 Å². The molecule has 4 rings (SSSR count).